The third-order valence-electron chi connectivity index (χ3n) is 9.61. The molecule has 378 valence electrons. The molecule has 0 saturated heterocycles. The normalized spacial score (nSPS) is 9.54. The van der Waals surface area contributed by atoms with Gasteiger partial charge in [-0.25, -0.2) is 0 Å². The molecule has 70 heavy (non-hydrogen) atoms. The smallest absolute Gasteiger partial charge is 0.275 e. The molecule has 0 heterocycles. The van der Waals surface area contributed by atoms with Crippen molar-refractivity contribution in [1.29, 1.82) is 0 Å². The Hall–Kier alpha value is -4.10. The number of aryl methyl sites for hydroxylation is 1. The van der Waals surface area contributed by atoms with Gasteiger partial charge in [0.05, 0.1) is 10.5 Å². The number of allylic oxidation sites excluding steroid dienone is 2. The molecule has 16 heteroatoms. The van der Waals surface area contributed by atoms with Gasteiger partial charge in [-0.05, 0) is 217 Å². The summed E-state index contributed by atoms with van der Waals surface area (Å²) in [6.45, 7) is 22.5. The number of alkyl halides is 1. The fraction of sp³-hybridized carbons (Fsp3) is 0.222. The highest BCUT2D eigenvalue weighted by Crippen LogP contribution is 2.29. The minimum Gasteiger partial charge on any atom is -0.508 e. The Balaban J connectivity index is 0.000000806. The molecule has 0 amide bonds. The van der Waals surface area contributed by atoms with Crippen LogP contribution in [-0.2, 0) is 12.8 Å². The summed E-state index contributed by atoms with van der Waals surface area (Å²) in [5.41, 5.74) is 13.0. The van der Waals surface area contributed by atoms with Gasteiger partial charge in [0, 0.05) is 65.8 Å². The maximum atomic E-state index is 10.3. The second-order valence-electron chi connectivity index (χ2n) is 14.6. The number of nitrogens with two attached hydrogens (primary N) is 1. The number of halogens is 5. The van der Waals surface area contributed by atoms with E-state index in [2.05, 4.69) is 139 Å². The number of aromatic hydroxyl groups is 5. The van der Waals surface area contributed by atoms with Gasteiger partial charge in [-0.1, -0.05) is 77.1 Å². The molecule has 6 rings (SSSR count). The molecule has 11 nitrogen and oxygen atoms in total. The number of ether oxygens (including phenoxy) is 1. The first-order valence-corrected chi connectivity index (χ1v) is 26.7. The van der Waals surface area contributed by atoms with E-state index in [1.807, 2.05) is 69.3 Å². The molecule has 8 N–H and O–H groups in total. The Kier molecular flexibility index (Phi) is 34.6. The Labute approximate surface area is 476 Å². The monoisotopic (exact) mass is 1470 g/mol. The molecule has 0 bridgehead atoms. The van der Waals surface area contributed by atoms with Crippen LogP contribution in [0.4, 0.5) is 11.4 Å². The lowest BCUT2D eigenvalue weighted by molar-refractivity contribution is -0.385. The number of nitrogens with zero attached hydrogens (tertiary/aromatic N) is 1. The zero-order chi connectivity index (χ0) is 53.5. The number of hydrogen-bond donors (Lipinski definition) is 7. The summed E-state index contributed by atoms with van der Waals surface area (Å²) in [5.74, 6) is 2.32. The SMILES string of the molecule is C=CCBr.C=CCOc1cccc(I)c1C.C=CCc1ccc(I)c(C)c1O.Cc1c(I)ccc(CCCO)c1O.Cc1c(N)cccc1O.Cc1c(O)cccc1I.Cc1c(O)cccc1[N+](=O)[O-]. The number of benzene rings is 6. The largest absolute Gasteiger partial charge is 0.508 e. The summed E-state index contributed by atoms with van der Waals surface area (Å²) in [6.07, 6.45) is 7.50. The van der Waals surface area contributed by atoms with Gasteiger partial charge in [0.2, 0.25) is 0 Å². The van der Waals surface area contributed by atoms with E-state index in [9.17, 15) is 20.3 Å². The number of rotatable bonds is 10. The summed E-state index contributed by atoms with van der Waals surface area (Å²) in [6, 6.07) is 28.7. The second-order valence-corrected chi connectivity index (χ2v) is 19.9. The zero-order valence-corrected chi connectivity index (χ0v) is 50.4. The van der Waals surface area contributed by atoms with E-state index in [1.54, 1.807) is 49.4 Å². The maximum absolute atomic E-state index is 10.3. The number of aliphatic hydroxyl groups excluding tert-OH is 1. The molecule has 0 unspecified atom stereocenters. The van der Waals surface area contributed by atoms with E-state index in [1.165, 1.54) is 34.3 Å². The summed E-state index contributed by atoms with van der Waals surface area (Å²) in [4.78, 5) is 9.75. The lowest BCUT2D eigenvalue weighted by Crippen LogP contribution is -1.95. The van der Waals surface area contributed by atoms with Crippen LogP contribution < -0.4 is 10.5 Å². The predicted molar refractivity (Wildman–Crippen MR) is 326 cm³/mol. The summed E-state index contributed by atoms with van der Waals surface area (Å²) >= 11 is 12.0. The predicted octanol–water partition coefficient (Wildman–Crippen LogP) is 15.2. The van der Waals surface area contributed by atoms with Gasteiger partial charge in [-0.2, -0.15) is 0 Å². The lowest BCUT2D eigenvalue weighted by atomic mass is 10.1. The van der Waals surface area contributed by atoms with Crippen molar-refractivity contribution in [1.82, 2.24) is 0 Å². The van der Waals surface area contributed by atoms with Crippen LogP contribution >= 0.6 is 106 Å². The molecule has 6 aromatic rings. The molecule has 6 aromatic carbocycles. The summed E-state index contributed by atoms with van der Waals surface area (Å²) in [5, 5.41) is 66.4. The van der Waals surface area contributed by atoms with Gasteiger partial charge in [-0.15, -0.1) is 13.2 Å². The van der Waals surface area contributed by atoms with Crippen LogP contribution in [0.15, 0.2) is 135 Å². The highest BCUT2D eigenvalue weighted by Gasteiger charge is 2.12. The minimum absolute atomic E-state index is 0.0424. The quantitative estimate of drug-likeness (QED) is 0.0173. The maximum Gasteiger partial charge on any atom is 0.275 e. The van der Waals surface area contributed by atoms with E-state index >= 15 is 0 Å². The number of phenols is 5. The fourth-order valence-electron chi connectivity index (χ4n) is 5.19. The molecule has 0 aliphatic heterocycles. The number of phenolic OH excluding ortho intramolecular Hbond substituents is 5. The van der Waals surface area contributed by atoms with Crippen molar-refractivity contribution in [2.75, 3.05) is 24.3 Å². The average Bonchev–Trinajstić information content (AvgIpc) is 3.34. The Morgan fingerprint density at radius 2 is 1.04 bits per heavy atom. The van der Waals surface area contributed by atoms with Crippen LogP contribution in [0.2, 0.25) is 0 Å². The topological polar surface area (TPSA) is 200 Å². The molecule has 0 aromatic heterocycles. The number of anilines is 1. The molecule has 0 radical (unpaired) electrons. The zero-order valence-electron chi connectivity index (χ0n) is 40.2. The van der Waals surface area contributed by atoms with Crippen LogP contribution in [0.1, 0.15) is 50.9 Å². The second kappa shape index (κ2) is 36.8. The van der Waals surface area contributed by atoms with Crippen molar-refractivity contribution in [2.45, 2.75) is 60.8 Å². The number of nitro benzene ring substituents is 1. The Morgan fingerprint density at radius 1 is 0.600 bits per heavy atom. The van der Waals surface area contributed by atoms with Crippen molar-refractivity contribution >= 4 is 118 Å². The van der Waals surface area contributed by atoms with Gasteiger partial charge < -0.3 is 41.1 Å². The molecule has 0 aliphatic carbocycles. The van der Waals surface area contributed by atoms with Crippen LogP contribution in [0.25, 0.3) is 0 Å². The van der Waals surface area contributed by atoms with Crippen molar-refractivity contribution in [2.24, 2.45) is 0 Å². The van der Waals surface area contributed by atoms with E-state index in [4.69, 9.17) is 30.9 Å². The molecule has 0 spiro atoms. The van der Waals surface area contributed by atoms with Crippen LogP contribution in [0, 0.1) is 65.9 Å². The highest BCUT2D eigenvalue weighted by molar-refractivity contribution is 14.1. The molecular formula is C54H63BrI4N2O9. The lowest BCUT2D eigenvalue weighted by Gasteiger charge is -2.07. The van der Waals surface area contributed by atoms with Crippen molar-refractivity contribution in [3.05, 3.63) is 204 Å². The molecular weight excluding hydrogens is 1410 g/mol. The Morgan fingerprint density at radius 3 is 1.47 bits per heavy atom. The summed E-state index contributed by atoms with van der Waals surface area (Å²) in [7, 11) is 0. The Bertz CT molecular complexity index is 2500. The van der Waals surface area contributed by atoms with E-state index in [-0.39, 0.29) is 23.8 Å². The third-order valence-corrected chi connectivity index (χ3v) is 14.7. The number of hydrogen-bond acceptors (Lipinski definition) is 10. The molecule has 0 fully saturated rings. The third kappa shape index (κ3) is 24.3. The van der Waals surface area contributed by atoms with Crippen LogP contribution in [0.3, 0.4) is 0 Å². The van der Waals surface area contributed by atoms with Crippen LogP contribution in [-0.4, -0.2) is 54.1 Å². The van der Waals surface area contributed by atoms with E-state index < -0.39 is 4.92 Å². The average molecular weight is 1470 g/mol. The first-order chi connectivity index (χ1) is 33.1. The van der Waals surface area contributed by atoms with Gasteiger partial charge in [0.15, 0.2) is 0 Å². The molecule has 0 saturated carbocycles. The number of nitrogen functional groups attached to an aromatic ring is 1. The highest BCUT2D eigenvalue weighted by atomic mass is 127. The van der Waals surface area contributed by atoms with Gasteiger partial charge in [0.25, 0.3) is 5.69 Å². The molecule has 0 atom stereocenters. The van der Waals surface area contributed by atoms with Crippen LogP contribution in [0.5, 0.6) is 34.5 Å². The summed E-state index contributed by atoms with van der Waals surface area (Å²) < 4.78 is 9.95. The van der Waals surface area contributed by atoms with E-state index in [0.717, 1.165) is 68.0 Å². The molecule has 0 aliphatic rings. The number of aliphatic hydroxyl groups is 1. The van der Waals surface area contributed by atoms with Crippen molar-refractivity contribution in [3.8, 4) is 34.5 Å². The van der Waals surface area contributed by atoms with E-state index in [0.29, 0.717) is 41.5 Å². The van der Waals surface area contributed by atoms with Gasteiger partial charge in [0.1, 0.15) is 41.1 Å². The minimum atomic E-state index is -0.519. The van der Waals surface area contributed by atoms with Crippen molar-refractivity contribution < 1.29 is 40.3 Å². The first-order valence-electron chi connectivity index (χ1n) is 21.3. The number of nitro groups is 1. The standard InChI is InChI=1S/C10H13IO2.2C10H11IO.C7H7IO.C7H7NO3.C7H9NO.C3H5Br/c1-7-9(11)5-4-8(10(7)13)3-2-6-12;1-3-7-12-10-6-4-5-9(11)8(10)2;1-3-4-8-5-6-9(11)7(2)10(8)12;1-5-6(8)3-2-4-7(5)9;1-5-6(8(10)11)3-2-4-7(5)9;1-5-6(8)3-2-4-7(5)9;1-2-3-4/h4-5,12-13H,2-3,6H2,1H3;3-6H,1,7H2,2H3;3,5-6,12H,1,4H2,2H3;2-4,9H,1H3;2-4,9H,1H3;2-4,9H,8H2,1H3;2H,1,3H2. The van der Waals surface area contributed by atoms with Gasteiger partial charge in [-0.3, -0.25) is 10.1 Å². The fourth-order valence-corrected chi connectivity index (χ4v) is 7.02. The van der Waals surface area contributed by atoms with Gasteiger partial charge >= 0.3 is 0 Å². The first kappa shape index (κ1) is 65.9. The van der Waals surface area contributed by atoms with Crippen molar-refractivity contribution in [3.63, 3.8) is 0 Å².